The molecule has 0 saturated carbocycles. The van der Waals surface area contributed by atoms with E-state index in [-0.39, 0.29) is 6.04 Å². The minimum atomic E-state index is -4.40. The van der Waals surface area contributed by atoms with Crippen molar-refractivity contribution in [3.8, 4) is 0 Å². The Morgan fingerprint density at radius 2 is 1.95 bits per heavy atom. The minimum Gasteiger partial charge on any atom is -0.295 e. The molecule has 2 heterocycles. The molecule has 0 saturated heterocycles. The summed E-state index contributed by atoms with van der Waals surface area (Å²) in [6.45, 7) is 2.59. The van der Waals surface area contributed by atoms with Crippen LogP contribution in [0.5, 0.6) is 0 Å². The molecule has 2 aromatic rings. The smallest absolute Gasteiger partial charge is 0.295 e. The fourth-order valence-electron chi connectivity index (χ4n) is 2.46. The molecule has 0 fully saturated rings. The number of alkyl halides is 3. The Kier molecular flexibility index (Phi) is 5.13. The molecule has 2 rings (SSSR count). The van der Waals surface area contributed by atoms with Gasteiger partial charge in [0.05, 0.1) is 0 Å². The van der Waals surface area contributed by atoms with Gasteiger partial charge in [0.1, 0.15) is 5.69 Å². The van der Waals surface area contributed by atoms with Crippen LogP contribution in [0.25, 0.3) is 0 Å². The minimum absolute atomic E-state index is 0.163. The second kappa shape index (κ2) is 6.87. The van der Waals surface area contributed by atoms with Gasteiger partial charge in [0.25, 0.3) is 0 Å². The van der Waals surface area contributed by atoms with E-state index in [4.69, 9.17) is 0 Å². The first-order valence-corrected chi connectivity index (χ1v) is 7.04. The third-order valence-electron chi connectivity index (χ3n) is 3.54. The van der Waals surface area contributed by atoms with E-state index < -0.39 is 11.9 Å². The molecule has 0 aromatic carbocycles. The third kappa shape index (κ3) is 4.04. The van der Waals surface area contributed by atoms with E-state index in [0.29, 0.717) is 6.54 Å². The average molecular weight is 309 g/mol. The average Bonchev–Trinajstić information content (AvgIpc) is 2.48. The zero-order valence-corrected chi connectivity index (χ0v) is 12.5. The molecule has 2 aromatic heterocycles. The van der Waals surface area contributed by atoms with Crippen molar-refractivity contribution in [2.24, 2.45) is 0 Å². The lowest BCUT2D eigenvalue weighted by Crippen LogP contribution is -2.24. The predicted octanol–water partition coefficient (Wildman–Crippen LogP) is 4.08. The summed E-state index contributed by atoms with van der Waals surface area (Å²) in [7, 11) is 1.94. The van der Waals surface area contributed by atoms with Crippen molar-refractivity contribution in [2.45, 2.75) is 32.1 Å². The highest BCUT2D eigenvalue weighted by molar-refractivity contribution is 5.18. The maximum atomic E-state index is 12.5. The lowest BCUT2D eigenvalue weighted by molar-refractivity contribution is -0.141. The van der Waals surface area contributed by atoms with Gasteiger partial charge in [-0.25, -0.2) is 0 Å². The van der Waals surface area contributed by atoms with Gasteiger partial charge in [-0.1, -0.05) is 19.1 Å². The molecular formula is C16H18F3N3. The van der Waals surface area contributed by atoms with Gasteiger partial charge in [0.15, 0.2) is 0 Å². The zero-order valence-electron chi connectivity index (χ0n) is 12.5. The van der Waals surface area contributed by atoms with Crippen LogP contribution >= 0.6 is 0 Å². The number of halogens is 3. The Hall–Kier alpha value is -1.95. The maximum absolute atomic E-state index is 12.5. The molecule has 0 aliphatic carbocycles. The molecule has 0 N–H and O–H groups in total. The molecule has 0 radical (unpaired) electrons. The summed E-state index contributed by atoms with van der Waals surface area (Å²) in [6, 6.07) is 6.54. The van der Waals surface area contributed by atoms with Crippen LogP contribution < -0.4 is 0 Å². The highest BCUT2D eigenvalue weighted by Gasteiger charge is 2.32. The summed E-state index contributed by atoms with van der Waals surface area (Å²) < 4.78 is 37.5. The van der Waals surface area contributed by atoms with E-state index in [9.17, 15) is 13.2 Å². The van der Waals surface area contributed by atoms with E-state index in [1.165, 1.54) is 12.3 Å². The van der Waals surface area contributed by atoms with Crippen molar-refractivity contribution in [2.75, 3.05) is 7.05 Å². The lowest BCUT2D eigenvalue weighted by Gasteiger charge is -2.27. The van der Waals surface area contributed by atoms with Gasteiger partial charge < -0.3 is 0 Å². The highest BCUT2D eigenvalue weighted by Crippen LogP contribution is 2.28. The number of hydrogen-bond donors (Lipinski definition) is 0. The van der Waals surface area contributed by atoms with Crippen LogP contribution in [0, 0.1) is 0 Å². The molecule has 0 spiro atoms. The summed E-state index contributed by atoms with van der Waals surface area (Å²) >= 11 is 0. The first-order valence-electron chi connectivity index (χ1n) is 7.04. The molecule has 6 heteroatoms. The summed E-state index contributed by atoms with van der Waals surface area (Å²) in [5.41, 5.74) is 0.975. The molecule has 118 valence electrons. The van der Waals surface area contributed by atoms with E-state index in [1.54, 1.807) is 6.20 Å². The van der Waals surface area contributed by atoms with Gasteiger partial charge in [-0.05, 0) is 36.7 Å². The van der Waals surface area contributed by atoms with Gasteiger partial charge in [-0.3, -0.25) is 14.9 Å². The molecule has 3 nitrogen and oxygen atoms in total. The Bertz CT molecular complexity index is 582. The van der Waals surface area contributed by atoms with E-state index in [2.05, 4.69) is 21.8 Å². The van der Waals surface area contributed by atoms with Crippen molar-refractivity contribution in [3.63, 3.8) is 0 Å². The van der Waals surface area contributed by atoms with E-state index in [0.717, 1.165) is 23.6 Å². The maximum Gasteiger partial charge on any atom is 0.433 e. The highest BCUT2D eigenvalue weighted by atomic mass is 19.4. The molecule has 1 atom stereocenters. The Morgan fingerprint density at radius 3 is 2.45 bits per heavy atom. The second-order valence-electron chi connectivity index (χ2n) is 5.17. The number of rotatable bonds is 5. The van der Waals surface area contributed by atoms with Crippen LogP contribution in [0.1, 0.15) is 36.2 Å². The number of aromatic nitrogens is 2. The van der Waals surface area contributed by atoms with Crippen molar-refractivity contribution in [1.29, 1.82) is 0 Å². The molecule has 0 bridgehead atoms. The lowest BCUT2D eigenvalue weighted by atomic mass is 10.0. The van der Waals surface area contributed by atoms with Crippen LogP contribution in [-0.2, 0) is 12.7 Å². The number of hydrogen-bond acceptors (Lipinski definition) is 3. The van der Waals surface area contributed by atoms with E-state index >= 15 is 0 Å². The zero-order chi connectivity index (χ0) is 16.2. The van der Waals surface area contributed by atoms with Gasteiger partial charge in [0, 0.05) is 31.2 Å². The van der Waals surface area contributed by atoms with Gasteiger partial charge >= 0.3 is 6.18 Å². The predicted molar refractivity (Wildman–Crippen MR) is 78.0 cm³/mol. The van der Waals surface area contributed by atoms with Crippen LogP contribution in [-0.4, -0.2) is 21.9 Å². The monoisotopic (exact) mass is 309 g/mol. The van der Waals surface area contributed by atoms with Gasteiger partial charge in [-0.2, -0.15) is 13.2 Å². The summed E-state index contributed by atoms with van der Waals surface area (Å²) in [5.74, 6) is 0. The summed E-state index contributed by atoms with van der Waals surface area (Å²) in [5, 5.41) is 0. The third-order valence-corrected chi connectivity index (χ3v) is 3.54. The van der Waals surface area contributed by atoms with Crippen molar-refractivity contribution < 1.29 is 13.2 Å². The standard InChI is InChI=1S/C16H18F3N3/c1-3-14(13-5-4-8-20-10-13)22(2)11-12-6-7-15(21-9-12)16(17,18)19/h4-10,14H,3,11H2,1-2H3/t14-/m0/s1. The molecule has 0 aliphatic rings. The fourth-order valence-corrected chi connectivity index (χ4v) is 2.46. The van der Waals surface area contributed by atoms with Crippen LogP contribution in [0.15, 0.2) is 42.9 Å². The van der Waals surface area contributed by atoms with Gasteiger partial charge in [-0.15, -0.1) is 0 Å². The topological polar surface area (TPSA) is 29.0 Å². The Labute approximate surface area is 127 Å². The molecule has 0 unspecified atom stereocenters. The Morgan fingerprint density at radius 1 is 1.18 bits per heavy atom. The normalized spacial score (nSPS) is 13.4. The summed E-state index contributed by atoms with van der Waals surface area (Å²) in [6.07, 6.45) is 1.31. The van der Waals surface area contributed by atoms with Crippen LogP contribution in [0.2, 0.25) is 0 Å². The quantitative estimate of drug-likeness (QED) is 0.833. The largest absolute Gasteiger partial charge is 0.433 e. The summed E-state index contributed by atoms with van der Waals surface area (Å²) in [4.78, 5) is 9.70. The SMILES string of the molecule is CC[C@@H](c1cccnc1)N(C)Cc1ccc(C(F)(F)F)nc1. The van der Waals surface area contributed by atoms with Crippen molar-refractivity contribution >= 4 is 0 Å². The van der Waals surface area contributed by atoms with E-state index in [1.807, 2.05) is 25.4 Å². The van der Waals surface area contributed by atoms with Gasteiger partial charge in [0.2, 0.25) is 0 Å². The number of pyridine rings is 2. The van der Waals surface area contributed by atoms with Crippen LogP contribution in [0.3, 0.4) is 0 Å². The van der Waals surface area contributed by atoms with Crippen molar-refractivity contribution in [3.05, 3.63) is 59.7 Å². The molecule has 22 heavy (non-hydrogen) atoms. The van der Waals surface area contributed by atoms with Crippen LogP contribution in [0.4, 0.5) is 13.2 Å². The molecule has 0 amide bonds. The second-order valence-corrected chi connectivity index (χ2v) is 5.17. The molecule has 0 aliphatic heterocycles. The fraction of sp³-hybridized carbons (Fsp3) is 0.375. The molecular weight excluding hydrogens is 291 g/mol. The van der Waals surface area contributed by atoms with Crippen molar-refractivity contribution in [1.82, 2.24) is 14.9 Å². The first-order chi connectivity index (χ1) is 10.4. The number of nitrogens with zero attached hydrogens (tertiary/aromatic N) is 3. The first kappa shape index (κ1) is 16.4. The Balaban J connectivity index is 2.09.